The largest absolute Gasteiger partial charge is 0.396 e. The molecule has 3 heteroatoms. The Kier molecular flexibility index (Phi) is 5.01. The number of aliphatic hydroxyl groups is 1. The van der Waals surface area contributed by atoms with Gasteiger partial charge in [-0.1, -0.05) is 19.3 Å². The fourth-order valence-corrected chi connectivity index (χ4v) is 1.78. The van der Waals surface area contributed by atoms with Crippen molar-refractivity contribution in [2.24, 2.45) is 5.92 Å². The molecule has 3 nitrogen and oxygen atoms in total. The maximum Gasteiger partial charge on any atom is 0.126 e. The lowest BCUT2D eigenvalue weighted by molar-refractivity contribution is -0.112. The third-order valence-corrected chi connectivity index (χ3v) is 2.70. The molecule has 1 aliphatic carbocycles. The molecule has 1 unspecified atom stereocenters. The van der Waals surface area contributed by atoms with E-state index in [2.05, 4.69) is 5.32 Å². The molecule has 0 bridgehead atoms. The van der Waals surface area contributed by atoms with Gasteiger partial charge in [-0.2, -0.15) is 0 Å². The number of aldehydes is 1. The normalized spacial score (nSPS) is 21.3. The molecule has 0 aromatic heterocycles. The van der Waals surface area contributed by atoms with Crippen LogP contribution in [0.5, 0.6) is 0 Å². The standard InChI is InChI=1S/C10H19NO2/c12-7-9(8-13)6-11-10-4-2-1-3-5-10/h7,9-11,13H,1-6,8H2. The lowest BCUT2D eigenvalue weighted by Crippen LogP contribution is -2.36. The second-order valence-corrected chi connectivity index (χ2v) is 3.82. The van der Waals surface area contributed by atoms with E-state index >= 15 is 0 Å². The van der Waals surface area contributed by atoms with Crippen molar-refractivity contribution in [3.05, 3.63) is 0 Å². The van der Waals surface area contributed by atoms with Gasteiger partial charge in [-0.05, 0) is 12.8 Å². The number of carbonyl (C=O) groups is 1. The van der Waals surface area contributed by atoms with E-state index in [1.165, 1.54) is 32.1 Å². The van der Waals surface area contributed by atoms with Gasteiger partial charge in [0.1, 0.15) is 6.29 Å². The Bertz CT molecular complexity index is 144. The molecule has 0 aliphatic heterocycles. The summed E-state index contributed by atoms with van der Waals surface area (Å²) in [6.45, 7) is 0.591. The Hall–Kier alpha value is -0.410. The van der Waals surface area contributed by atoms with Crippen LogP contribution in [0.15, 0.2) is 0 Å². The van der Waals surface area contributed by atoms with E-state index in [1.807, 2.05) is 0 Å². The number of aliphatic hydroxyl groups excluding tert-OH is 1. The molecule has 0 spiro atoms. The zero-order valence-corrected chi connectivity index (χ0v) is 8.04. The second kappa shape index (κ2) is 6.11. The summed E-state index contributed by atoms with van der Waals surface area (Å²) in [5.41, 5.74) is 0. The van der Waals surface area contributed by atoms with Crippen LogP contribution in [0.4, 0.5) is 0 Å². The molecular weight excluding hydrogens is 166 g/mol. The highest BCUT2D eigenvalue weighted by atomic mass is 16.3. The SMILES string of the molecule is O=CC(CO)CNC1CCCCC1. The number of hydrogen-bond donors (Lipinski definition) is 2. The van der Waals surface area contributed by atoms with Crippen LogP contribution in [0.3, 0.4) is 0 Å². The van der Waals surface area contributed by atoms with Crippen LogP contribution >= 0.6 is 0 Å². The molecule has 13 heavy (non-hydrogen) atoms. The average molecular weight is 185 g/mol. The number of hydrogen-bond acceptors (Lipinski definition) is 3. The Morgan fingerprint density at radius 3 is 2.62 bits per heavy atom. The van der Waals surface area contributed by atoms with Crippen molar-refractivity contribution >= 4 is 6.29 Å². The average Bonchev–Trinajstić information content (AvgIpc) is 2.21. The van der Waals surface area contributed by atoms with E-state index in [0.717, 1.165) is 6.29 Å². The highest BCUT2D eigenvalue weighted by Crippen LogP contribution is 2.17. The van der Waals surface area contributed by atoms with Gasteiger partial charge in [0.15, 0.2) is 0 Å². The summed E-state index contributed by atoms with van der Waals surface area (Å²) in [6.07, 6.45) is 7.20. The summed E-state index contributed by atoms with van der Waals surface area (Å²) >= 11 is 0. The summed E-state index contributed by atoms with van der Waals surface area (Å²) < 4.78 is 0. The first-order valence-corrected chi connectivity index (χ1v) is 5.16. The van der Waals surface area contributed by atoms with Crippen molar-refractivity contribution in [3.63, 3.8) is 0 Å². The van der Waals surface area contributed by atoms with Gasteiger partial charge in [0.05, 0.1) is 12.5 Å². The van der Waals surface area contributed by atoms with Crippen LogP contribution in [0, 0.1) is 5.92 Å². The summed E-state index contributed by atoms with van der Waals surface area (Å²) in [5.74, 6) is -0.220. The van der Waals surface area contributed by atoms with Crippen molar-refractivity contribution in [1.82, 2.24) is 5.32 Å². The van der Waals surface area contributed by atoms with Crippen molar-refractivity contribution in [3.8, 4) is 0 Å². The zero-order valence-electron chi connectivity index (χ0n) is 8.04. The van der Waals surface area contributed by atoms with Crippen molar-refractivity contribution in [2.75, 3.05) is 13.2 Å². The summed E-state index contributed by atoms with van der Waals surface area (Å²) in [5, 5.41) is 12.1. The molecule has 0 radical (unpaired) electrons. The second-order valence-electron chi connectivity index (χ2n) is 3.82. The number of nitrogens with one attached hydrogen (secondary N) is 1. The molecule has 0 heterocycles. The molecule has 2 N–H and O–H groups in total. The van der Waals surface area contributed by atoms with Crippen LogP contribution < -0.4 is 5.32 Å². The molecule has 1 fully saturated rings. The van der Waals surface area contributed by atoms with Crippen LogP contribution in [-0.2, 0) is 4.79 Å². The maximum atomic E-state index is 10.4. The first kappa shape index (κ1) is 10.7. The Morgan fingerprint density at radius 1 is 1.38 bits per heavy atom. The third kappa shape index (κ3) is 3.87. The molecule has 0 aromatic rings. The van der Waals surface area contributed by atoms with Gasteiger partial charge in [0.25, 0.3) is 0 Å². The maximum absolute atomic E-state index is 10.4. The van der Waals surface area contributed by atoms with E-state index < -0.39 is 0 Å². The molecule has 1 rings (SSSR count). The predicted molar refractivity (Wildman–Crippen MR) is 51.5 cm³/mol. The number of rotatable bonds is 5. The Labute approximate surface area is 79.5 Å². The molecule has 0 aromatic carbocycles. The van der Waals surface area contributed by atoms with Gasteiger partial charge >= 0.3 is 0 Å². The highest BCUT2D eigenvalue weighted by Gasteiger charge is 2.14. The Morgan fingerprint density at radius 2 is 2.08 bits per heavy atom. The van der Waals surface area contributed by atoms with E-state index in [4.69, 9.17) is 5.11 Å². The smallest absolute Gasteiger partial charge is 0.126 e. The quantitative estimate of drug-likeness (QED) is 0.620. The van der Waals surface area contributed by atoms with E-state index in [0.29, 0.717) is 12.6 Å². The number of carbonyl (C=O) groups excluding carboxylic acids is 1. The zero-order chi connectivity index (χ0) is 9.52. The van der Waals surface area contributed by atoms with Gasteiger partial charge in [0, 0.05) is 12.6 Å². The minimum Gasteiger partial charge on any atom is -0.396 e. The fourth-order valence-electron chi connectivity index (χ4n) is 1.78. The lowest BCUT2D eigenvalue weighted by Gasteiger charge is -2.23. The first-order chi connectivity index (χ1) is 6.36. The lowest BCUT2D eigenvalue weighted by atomic mass is 9.95. The summed E-state index contributed by atoms with van der Waals surface area (Å²) in [7, 11) is 0. The van der Waals surface area contributed by atoms with Gasteiger partial charge in [-0.15, -0.1) is 0 Å². The van der Waals surface area contributed by atoms with E-state index in [9.17, 15) is 4.79 Å². The Balaban J connectivity index is 2.12. The monoisotopic (exact) mass is 185 g/mol. The predicted octanol–water partition coefficient (Wildman–Crippen LogP) is 0.716. The highest BCUT2D eigenvalue weighted by molar-refractivity contribution is 5.53. The van der Waals surface area contributed by atoms with Gasteiger partial charge < -0.3 is 15.2 Å². The minimum atomic E-state index is -0.220. The van der Waals surface area contributed by atoms with E-state index in [-0.39, 0.29) is 12.5 Å². The molecule has 1 aliphatic rings. The first-order valence-electron chi connectivity index (χ1n) is 5.16. The molecule has 76 valence electrons. The van der Waals surface area contributed by atoms with Gasteiger partial charge in [-0.25, -0.2) is 0 Å². The molecular formula is C10H19NO2. The van der Waals surface area contributed by atoms with Crippen molar-refractivity contribution in [2.45, 2.75) is 38.1 Å². The molecule has 0 saturated heterocycles. The molecule has 1 saturated carbocycles. The fraction of sp³-hybridized carbons (Fsp3) is 0.900. The summed E-state index contributed by atoms with van der Waals surface area (Å²) in [6, 6.07) is 0.572. The van der Waals surface area contributed by atoms with Gasteiger partial charge in [0.2, 0.25) is 0 Å². The van der Waals surface area contributed by atoms with Crippen molar-refractivity contribution in [1.29, 1.82) is 0 Å². The molecule has 0 amide bonds. The topological polar surface area (TPSA) is 49.3 Å². The minimum absolute atomic E-state index is 0.0385. The van der Waals surface area contributed by atoms with Crippen LogP contribution in [0.2, 0.25) is 0 Å². The van der Waals surface area contributed by atoms with Crippen LogP contribution in [0.25, 0.3) is 0 Å². The molecule has 1 atom stereocenters. The van der Waals surface area contributed by atoms with E-state index in [1.54, 1.807) is 0 Å². The van der Waals surface area contributed by atoms with Crippen LogP contribution in [0.1, 0.15) is 32.1 Å². The van der Waals surface area contributed by atoms with Crippen LogP contribution in [-0.4, -0.2) is 30.6 Å². The third-order valence-electron chi connectivity index (χ3n) is 2.70. The summed E-state index contributed by atoms with van der Waals surface area (Å²) in [4.78, 5) is 10.4. The van der Waals surface area contributed by atoms with Gasteiger partial charge in [-0.3, -0.25) is 0 Å². The van der Waals surface area contributed by atoms with Crippen molar-refractivity contribution < 1.29 is 9.90 Å².